The van der Waals surface area contributed by atoms with Crippen LogP contribution in [0.1, 0.15) is 16.1 Å². The van der Waals surface area contributed by atoms with Crippen molar-refractivity contribution in [3.05, 3.63) is 40.9 Å². The van der Waals surface area contributed by atoms with Crippen LogP contribution in [0.3, 0.4) is 0 Å². The Balaban J connectivity index is 2.36. The molecule has 0 N–H and O–H groups in total. The maximum Gasteiger partial charge on any atom is 0.215 e. The quantitative estimate of drug-likeness (QED) is 0.564. The maximum atomic E-state index is 11.8. The summed E-state index contributed by atoms with van der Waals surface area (Å²) in [7, 11) is 1.65. The molecule has 0 aliphatic heterocycles. The summed E-state index contributed by atoms with van der Waals surface area (Å²) in [6.45, 7) is 0. The van der Waals surface area contributed by atoms with Crippen LogP contribution in [0.5, 0.6) is 0 Å². The SMILES string of the molecule is Cn1ncc(C(=O)c2ccnc(Cl)c2)n1. The van der Waals surface area contributed by atoms with Gasteiger partial charge in [0.1, 0.15) is 5.15 Å². The van der Waals surface area contributed by atoms with E-state index in [-0.39, 0.29) is 10.9 Å². The molecule has 2 rings (SSSR count). The number of halogens is 1. The smallest absolute Gasteiger partial charge is 0.215 e. The maximum absolute atomic E-state index is 11.8. The van der Waals surface area contributed by atoms with Crippen molar-refractivity contribution in [1.82, 2.24) is 20.0 Å². The number of rotatable bonds is 2. The first-order valence-electron chi connectivity index (χ1n) is 4.19. The molecule has 0 aromatic carbocycles. The Bertz CT molecular complexity index is 508. The van der Waals surface area contributed by atoms with Crippen LogP contribution in [-0.4, -0.2) is 25.8 Å². The first-order valence-corrected chi connectivity index (χ1v) is 4.57. The molecular formula is C9H7ClN4O. The molecule has 5 nitrogen and oxygen atoms in total. The number of aryl methyl sites for hydroxylation is 1. The van der Waals surface area contributed by atoms with Gasteiger partial charge in [-0.2, -0.15) is 15.0 Å². The molecule has 15 heavy (non-hydrogen) atoms. The molecule has 0 unspecified atom stereocenters. The summed E-state index contributed by atoms with van der Waals surface area (Å²) in [5, 5.41) is 8.01. The third-order valence-corrected chi connectivity index (χ3v) is 2.03. The molecule has 0 spiro atoms. The average molecular weight is 223 g/mol. The Kier molecular flexibility index (Phi) is 2.47. The van der Waals surface area contributed by atoms with E-state index in [2.05, 4.69) is 15.2 Å². The number of carbonyl (C=O) groups excluding carboxylic acids is 1. The molecule has 2 heterocycles. The van der Waals surface area contributed by atoms with E-state index in [9.17, 15) is 4.79 Å². The lowest BCUT2D eigenvalue weighted by atomic mass is 10.1. The van der Waals surface area contributed by atoms with Crippen molar-refractivity contribution in [3.8, 4) is 0 Å². The van der Waals surface area contributed by atoms with Crippen LogP contribution in [0.2, 0.25) is 5.15 Å². The number of hydrogen-bond donors (Lipinski definition) is 0. The van der Waals surface area contributed by atoms with Gasteiger partial charge in [0.05, 0.1) is 6.20 Å². The largest absolute Gasteiger partial charge is 0.287 e. The van der Waals surface area contributed by atoms with E-state index >= 15 is 0 Å². The van der Waals surface area contributed by atoms with Crippen LogP contribution in [0.25, 0.3) is 0 Å². The van der Waals surface area contributed by atoms with Gasteiger partial charge >= 0.3 is 0 Å². The number of aromatic nitrogens is 4. The molecule has 0 atom stereocenters. The predicted octanol–water partition coefficient (Wildman–Crippen LogP) is 1.09. The van der Waals surface area contributed by atoms with Crippen LogP contribution in [-0.2, 0) is 7.05 Å². The lowest BCUT2D eigenvalue weighted by Crippen LogP contribution is -2.03. The van der Waals surface area contributed by atoms with Crippen molar-refractivity contribution in [3.63, 3.8) is 0 Å². The number of hydrogen-bond acceptors (Lipinski definition) is 4. The van der Waals surface area contributed by atoms with Gasteiger partial charge < -0.3 is 0 Å². The zero-order valence-electron chi connectivity index (χ0n) is 7.88. The Labute approximate surface area is 90.7 Å². The van der Waals surface area contributed by atoms with Gasteiger partial charge in [0.2, 0.25) is 5.78 Å². The number of nitrogens with zero attached hydrogens (tertiary/aromatic N) is 4. The summed E-state index contributed by atoms with van der Waals surface area (Å²) < 4.78 is 0. The van der Waals surface area contributed by atoms with Crippen molar-refractivity contribution >= 4 is 17.4 Å². The molecular weight excluding hydrogens is 216 g/mol. The molecule has 0 amide bonds. The molecule has 0 aliphatic rings. The average Bonchev–Trinajstić information content (AvgIpc) is 2.64. The normalized spacial score (nSPS) is 10.3. The Morgan fingerprint density at radius 3 is 2.93 bits per heavy atom. The van der Waals surface area contributed by atoms with Crippen molar-refractivity contribution in [2.75, 3.05) is 0 Å². The number of pyridine rings is 1. The third kappa shape index (κ3) is 2.02. The molecule has 0 saturated carbocycles. The predicted molar refractivity (Wildman–Crippen MR) is 53.7 cm³/mol. The molecule has 0 bridgehead atoms. The van der Waals surface area contributed by atoms with Gasteiger partial charge in [-0.15, -0.1) is 0 Å². The fourth-order valence-corrected chi connectivity index (χ4v) is 1.32. The molecule has 76 valence electrons. The van der Waals surface area contributed by atoms with E-state index in [0.717, 1.165) is 0 Å². The summed E-state index contributed by atoms with van der Waals surface area (Å²) >= 11 is 5.68. The summed E-state index contributed by atoms with van der Waals surface area (Å²) in [4.78, 5) is 16.9. The first-order chi connectivity index (χ1) is 7.16. The van der Waals surface area contributed by atoms with Gasteiger partial charge in [-0.25, -0.2) is 4.98 Å². The fraction of sp³-hybridized carbons (Fsp3) is 0.111. The van der Waals surface area contributed by atoms with Crippen LogP contribution in [0, 0.1) is 0 Å². The standard InChI is InChI=1S/C9H7ClN4O/c1-14-12-5-7(13-14)9(15)6-2-3-11-8(10)4-6/h2-5H,1H3. The van der Waals surface area contributed by atoms with Crippen molar-refractivity contribution in [2.24, 2.45) is 7.05 Å². The van der Waals surface area contributed by atoms with E-state index in [0.29, 0.717) is 11.3 Å². The van der Waals surface area contributed by atoms with E-state index in [1.807, 2.05) is 0 Å². The molecule has 0 radical (unpaired) electrons. The monoisotopic (exact) mass is 222 g/mol. The lowest BCUT2D eigenvalue weighted by molar-refractivity contribution is 0.103. The highest BCUT2D eigenvalue weighted by Gasteiger charge is 2.12. The van der Waals surface area contributed by atoms with Crippen LogP contribution in [0.15, 0.2) is 24.5 Å². The summed E-state index contributed by atoms with van der Waals surface area (Å²) in [6.07, 6.45) is 2.89. The fourth-order valence-electron chi connectivity index (χ4n) is 1.14. The van der Waals surface area contributed by atoms with Crippen LogP contribution in [0.4, 0.5) is 0 Å². The van der Waals surface area contributed by atoms with Crippen LogP contribution >= 0.6 is 11.6 Å². The van der Waals surface area contributed by atoms with Gasteiger partial charge in [-0.05, 0) is 12.1 Å². The Morgan fingerprint density at radius 1 is 1.53 bits per heavy atom. The molecule has 0 saturated heterocycles. The van der Waals surface area contributed by atoms with Crippen molar-refractivity contribution in [2.45, 2.75) is 0 Å². The summed E-state index contributed by atoms with van der Waals surface area (Å²) in [5.41, 5.74) is 0.746. The summed E-state index contributed by atoms with van der Waals surface area (Å²) in [6, 6.07) is 3.08. The van der Waals surface area contributed by atoms with Crippen LogP contribution < -0.4 is 0 Å². The topological polar surface area (TPSA) is 60.7 Å². The van der Waals surface area contributed by atoms with Crippen molar-refractivity contribution in [1.29, 1.82) is 0 Å². The third-order valence-electron chi connectivity index (χ3n) is 1.82. The molecule has 2 aromatic rings. The molecule has 0 fully saturated rings. The van der Waals surface area contributed by atoms with Crippen molar-refractivity contribution < 1.29 is 4.79 Å². The summed E-state index contributed by atoms with van der Waals surface area (Å²) in [5.74, 6) is -0.215. The highest BCUT2D eigenvalue weighted by molar-refractivity contribution is 6.29. The van der Waals surface area contributed by atoms with Gasteiger partial charge in [0.25, 0.3) is 0 Å². The van der Waals surface area contributed by atoms with Gasteiger partial charge in [-0.1, -0.05) is 11.6 Å². The van der Waals surface area contributed by atoms with Gasteiger partial charge in [0, 0.05) is 18.8 Å². The lowest BCUT2D eigenvalue weighted by Gasteiger charge is -1.96. The molecule has 0 aliphatic carbocycles. The second-order valence-electron chi connectivity index (χ2n) is 2.92. The minimum atomic E-state index is -0.215. The Hall–Kier alpha value is -1.75. The van der Waals surface area contributed by atoms with E-state index < -0.39 is 0 Å². The van der Waals surface area contributed by atoms with Gasteiger partial charge in [-0.3, -0.25) is 4.79 Å². The minimum absolute atomic E-state index is 0.215. The van der Waals surface area contributed by atoms with Gasteiger partial charge in [0.15, 0.2) is 5.69 Å². The first kappa shape index (κ1) is 9.79. The zero-order chi connectivity index (χ0) is 10.8. The van der Waals surface area contributed by atoms with E-state index in [1.54, 1.807) is 13.1 Å². The zero-order valence-corrected chi connectivity index (χ0v) is 8.64. The molecule has 2 aromatic heterocycles. The Morgan fingerprint density at radius 2 is 2.33 bits per heavy atom. The number of carbonyl (C=O) groups is 1. The van der Waals surface area contributed by atoms with E-state index in [4.69, 9.17) is 11.6 Å². The number of ketones is 1. The van der Waals surface area contributed by atoms with E-state index in [1.165, 1.54) is 23.3 Å². The highest BCUT2D eigenvalue weighted by atomic mass is 35.5. The highest BCUT2D eigenvalue weighted by Crippen LogP contribution is 2.10. The second kappa shape index (κ2) is 3.78. The minimum Gasteiger partial charge on any atom is -0.287 e. The second-order valence-corrected chi connectivity index (χ2v) is 3.30. The molecule has 6 heteroatoms.